The molecule has 129 heavy (non-hydrogen) atoms. The minimum absolute atomic E-state index is 0. The fourth-order valence-corrected chi connectivity index (χ4v) is 18.0. The fraction of sp³-hybridized carbons (Fsp3) is 0.786. The summed E-state index contributed by atoms with van der Waals surface area (Å²) in [5.74, 6) is -3.33. The third-order valence-electron chi connectivity index (χ3n) is 25.2. The quantitative estimate of drug-likeness (QED) is 0.0150. The van der Waals surface area contributed by atoms with Crippen LogP contribution in [0, 0.1) is 0 Å². The minimum atomic E-state index is -4.84. The number of ether oxygens (including phenoxy) is 4. The van der Waals surface area contributed by atoms with Gasteiger partial charge in [0.2, 0.25) is 0 Å². The van der Waals surface area contributed by atoms with Crippen molar-refractivity contribution in [1.29, 1.82) is 0 Å². The van der Waals surface area contributed by atoms with Gasteiger partial charge in [0.05, 0.1) is 32.0 Å². The Kier molecular flexibility index (Phi) is 93.3. The number of esters is 4. The third-order valence-corrected chi connectivity index (χ3v) is 26.9. The molecule has 14 nitrogen and oxygen atoms in total. The Morgan fingerprint density at radius 1 is 0.209 bits per heavy atom. The fourth-order valence-electron chi connectivity index (χ4n) is 17.0. The molecule has 0 unspecified atom stereocenters. The SMILES string of the molecule is CCCCCCCCCCCCCCCCCCCCC/C=C/COC(=O)c1ccc(S(=O)(=O)[O-])cc1C(=O)OC/C=C/CCCCCCCCCCCCCCCCCCCCC.CCCCCCCCCCCCCCCCCCCCC/C=C/COC(=O)c1ccc(S(=O)(=O)[O-])cc1C(=O)OC/C=C/CCCCCCCCCCCCCCCCCCCCC.[Ca+2]. The van der Waals surface area contributed by atoms with Crippen LogP contribution in [0.1, 0.15) is 583 Å². The normalized spacial score (nSPS) is 11.8. The number of hydrogen-bond acceptors (Lipinski definition) is 14. The molecule has 0 atom stereocenters. The standard InChI is InChI=1S/2C56H98O7S.Ca/c2*1-3-5-7-9-11-13-15-17-19-21-23-25-27-29-31-33-35-37-39-41-43-45-49-62-55(57)53-48-47-52(64(59,60)61)51-54(53)56(58)63-50-46-44-42-40-38-36-34-32-30-28-26-24-22-20-18-16-14-12-10-8-6-4-2;/h2*43-48,51H,3-42,49-50H2,1-2H3,(H,59,60,61);/q;;+2/p-2/b2*45-43+,46-44+;. The molecule has 0 N–H and O–H groups in total. The van der Waals surface area contributed by atoms with Crippen molar-refractivity contribution in [2.75, 3.05) is 26.4 Å². The van der Waals surface area contributed by atoms with E-state index in [9.17, 15) is 45.1 Å². The Bertz CT molecular complexity index is 3020. The minimum Gasteiger partial charge on any atom is -0.744 e. The average molecular weight is 1870 g/mol. The molecule has 740 valence electrons. The number of unbranched alkanes of at least 4 members (excludes halogenated alkanes) is 76. The first-order valence-corrected chi connectivity index (χ1v) is 56.9. The van der Waals surface area contributed by atoms with Gasteiger partial charge in [-0.15, -0.1) is 0 Å². The van der Waals surface area contributed by atoms with Crippen molar-refractivity contribution in [2.24, 2.45) is 0 Å². The van der Waals surface area contributed by atoms with Crippen molar-refractivity contribution >= 4 is 81.9 Å². The largest absolute Gasteiger partial charge is 2.00 e. The second-order valence-electron chi connectivity index (χ2n) is 37.2. The number of allylic oxidation sites excluding steroid dienone is 4. The summed E-state index contributed by atoms with van der Waals surface area (Å²) in [6.45, 7) is 9.11. The van der Waals surface area contributed by atoms with Gasteiger partial charge in [0.15, 0.2) is 0 Å². The molecule has 0 fully saturated rings. The topological polar surface area (TPSA) is 220 Å². The summed E-state index contributed by atoms with van der Waals surface area (Å²) >= 11 is 0. The first-order valence-electron chi connectivity index (χ1n) is 54.1. The van der Waals surface area contributed by atoms with Crippen LogP contribution in [0.2, 0.25) is 0 Å². The van der Waals surface area contributed by atoms with E-state index in [0.717, 1.165) is 87.8 Å². The maximum atomic E-state index is 13.0. The molecule has 0 aliphatic heterocycles. The van der Waals surface area contributed by atoms with E-state index < -0.39 is 53.9 Å². The zero-order valence-corrected chi connectivity index (χ0v) is 87.6. The van der Waals surface area contributed by atoms with Crippen molar-refractivity contribution in [3.05, 3.63) is 107 Å². The van der Waals surface area contributed by atoms with E-state index in [1.807, 2.05) is 24.3 Å². The Morgan fingerprint density at radius 2 is 0.341 bits per heavy atom. The molecule has 17 heteroatoms. The van der Waals surface area contributed by atoms with Gasteiger partial charge in [0.1, 0.15) is 46.7 Å². The Balaban J connectivity index is 0.00000252. The zero-order valence-electron chi connectivity index (χ0n) is 83.7. The summed E-state index contributed by atoms with van der Waals surface area (Å²) in [4.78, 5) is 50.6. The number of hydrogen-bond donors (Lipinski definition) is 0. The van der Waals surface area contributed by atoms with E-state index in [0.29, 0.717) is 0 Å². The molecule has 0 bridgehead atoms. The van der Waals surface area contributed by atoms with E-state index in [1.54, 1.807) is 24.3 Å². The van der Waals surface area contributed by atoms with Crippen LogP contribution in [0.4, 0.5) is 0 Å². The van der Waals surface area contributed by atoms with Gasteiger partial charge in [-0.05, 0) is 87.8 Å². The summed E-state index contributed by atoms with van der Waals surface area (Å²) in [5.41, 5.74) is -0.871. The predicted molar refractivity (Wildman–Crippen MR) is 544 cm³/mol. The Morgan fingerprint density at radius 3 is 0.481 bits per heavy atom. The molecule has 0 heterocycles. The van der Waals surface area contributed by atoms with Crippen molar-refractivity contribution < 1.29 is 64.1 Å². The van der Waals surface area contributed by atoms with E-state index in [2.05, 4.69) is 27.7 Å². The van der Waals surface area contributed by atoms with E-state index in [-0.39, 0.29) is 86.4 Å². The van der Waals surface area contributed by atoms with E-state index >= 15 is 0 Å². The summed E-state index contributed by atoms with van der Waals surface area (Å²) in [6, 6.07) is 6.12. The zero-order chi connectivity index (χ0) is 92.9. The maximum Gasteiger partial charge on any atom is 2.00 e. The predicted octanol–water partition coefficient (Wildman–Crippen LogP) is 34.9. The molecule has 0 aliphatic rings. The second-order valence-corrected chi connectivity index (χ2v) is 40.0. The summed E-state index contributed by atoms with van der Waals surface area (Å²) in [7, 11) is -9.69. The van der Waals surface area contributed by atoms with Crippen molar-refractivity contribution in [3.63, 3.8) is 0 Å². The van der Waals surface area contributed by atoms with Gasteiger partial charge in [0, 0.05) is 0 Å². The van der Waals surface area contributed by atoms with Gasteiger partial charge in [-0.25, -0.2) is 36.0 Å². The number of carbonyl (C=O) groups is 4. The van der Waals surface area contributed by atoms with Crippen LogP contribution in [0.25, 0.3) is 0 Å². The molecule has 0 saturated heterocycles. The molecule has 0 radical (unpaired) electrons. The number of rotatable bonds is 94. The summed E-state index contributed by atoms with van der Waals surface area (Å²) < 4.78 is 91.6. The van der Waals surface area contributed by atoms with Crippen LogP contribution >= 0.6 is 0 Å². The Hall–Kier alpha value is -3.64. The number of carbonyl (C=O) groups excluding carboxylic acids is 4. The van der Waals surface area contributed by atoms with Crippen LogP contribution in [0.15, 0.2) is 94.8 Å². The van der Waals surface area contributed by atoms with Gasteiger partial charge in [0.25, 0.3) is 0 Å². The van der Waals surface area contributed by atoms with E-state index in [1.165, 1.54) is 462 Å². The Labute approximate surface area is 824 Å². The molecule has 0 spiro atoms. The van der Waals surface area contributed by atoms with Crippen LogP contribution < -0.4 is 0 Å². The van der Waals surface area contributed by atoms with Crippen molar-refractivity contribution in [1.82, 2.24) is 0 Å². The third kappa shape index (κ3) is 82.4. The molecule has 0 aromatic heterocycles. The molecule has 2 rings (SSSR count). The molecular weight excluding hydrogens is 1670 g/mol. The second kappa shape index (κ2) is 96.1. The summed E-state index contributed by atoms with van der Waals surface area (Å²) in [6.07, 6.45) is 121. The molecule has 0 aliphatic carbocycles. The van der Waals surface area contributed by atoms with Crippen LogP contribution in [-0.4, -0.2) is 114 Å². The van der Waals surface area contributed by atoms with Gasteiger partial charge in [-0.3, -0.25) is 0 Å². The maximum absolute atomic E-state index is 13.0. The smallest absolute Gasteiger partial charge is 0.744 e. The van der Waals surface area contributed by atoms with Crippen LogP contribution in [-0.2, 0) is 39.2 Å². The molecule has 2 aromatic rings. The molecule has 0 saturated carbocycles. The van der Waals surface area contributed by atoms with Gasteiger partial charge in [-0.2, -0.15) is 0 Å². The number of benzene rings is 2. The monoisotopic (exact) mass is 1870 g/mol. The van der Waals surface area contributed by atoms with Gasteiger partial charge < -0.3 is 28.1 Å². The molecular formula is C112H194CaO14S2. The molecule has 2 aromatic carbocycles. The van der Waals surface area contributed by atoms with Crippen LogP contribution in [0.5, 0.6) is 0 Å². The van der Waals surface area contributed by atoms with Crippen molar-refractivity contribution in [3.8, 4) is 0 Å². The first-order chi connectivity index (χ1) is 62.6. The van der Waals surface area contributed by atoms with Crippen molar-refractivity contribution in [2.45, 2.75) is 551 Å². The van der Waals surface area contributed by atoms with Crippen LogP contribution in [0.3, 0.4) is 0 Å². The average Bonchev–Trinajstić information content (AvgIpc) is 0.812. The van der Waals surface area contributed by atoms with Gasteiger partial charge >= 0.3 is 61.6 Å². The first kappa shape index (κ1) is 125. The molecule has 0 amide bonds. The summed E-state index contributed by atoms with van der Waals surface area (Å²) in [5, 5.41) is 0. The van der Waals surface area contributed by atoms with E-state index in [4.69, 9.17) is 18.9 Å². The van der Waals surface area contributed by atoms with Gasteiger partial charge in [-0.1, -0.05) is 539 Å².